The molecule has 1 amide bonds. The topological polar surface area (TPSA) is 101 Å². The monoisotopic (exact) mass is 405 g/mol. The van der Waals surface area contributed by atoms with E-state index in [-0.39, 0.29) is 11.8 Å². The Balaban J connectivity index is 1.23. The lowest BCUT2D eigenvalue weighted by Gasteiger charge is -2.31. The first kappa shape index (κ1) is 19.0. The average Bonchev–Trinajstić information content (AvgIpc) is 3.51. The van der Waals surface area contributed by atoms with Gasteiger partial charge < -0.3 is 11.1 Å². The number of aromatic nitrogens is 4. The van der Waals surface area contributed by atoms with Gasteiger partial charge in [0.25, 0.3) is 0 Å². The van der Waals surface area contributed by atoms with Crippen molar-refractivity contribution in [2.24, 2.45) is 11.7 Å². The molecule has 30 heavy (non-hydrogen) atoms. The molecule has 2 aromatic heterocycles. The van der Waals surface area contributed by atoms with E-state index in [9.17, 15) is 4.79 Å². The van der Waals surface area contributed by atoms with Gasteiger partial charge in [-0.1, -0.05) is 24.3 Å². The van der Waals surface area contributed by atoms with Crippen LogP contribution in [0.4, 0.5) is 5.82 Å². The third-order valence-electron chi connectivity index (χ3n) is 6.01. The van der Waals surface area contributed by atoms with Gasteiger partial charge in [0, 0.05) is 25.6 Å². The number of primary amides is 1. The second-order valence-electron chi connectivity index (χ2n) is 8.47. The van der Waals surface area contributed by atoms with E-state index in [0.717, 1.165) is 49.8 Å². The number of hydrogen-bond donors (Lipinski definition) is 2. The second-order valence-corrected chi connectivity index (χ2v) is 8.47. The minimum Gasteiger partial charge on any atom is -0.369 e. The van der Waals surface area contributed by atoms with E-state index < -0.39 is 0 Å². The highest BCUT2D eigenvalue weighted by molar-refractivity contribution is 5.76. The molecule has 1 aliphatic heterocycles. The Morgan fingerprint density at radius 2 is 2.00 bits per heavy atom. The summed E-state index contributed by atoms with van der Waals surface area (Å²) in [6, 6.07) is 12.5. The minimum absolute atomic E-state index is 0.0252. The number of carbonyl (C=O) groups is 1. The van der Waals surface area contributed by atoms with E-state index in [1.165, 1.54) is 24.0 Å². The molecule has 3 aromatic rings. The molecular formula is C22H27N7O. The van der Waals surface area contributed by atoms with Crippen LogP contribution in [-0.4, -0.2) is 43.7 Å². The van der Waals surface area contributed by atoms with Crippen LogP contribution in [0.2, 0.25) is 0 Å². The summed E-state index contributed by atoms with van der Waals surface area (Å²) in [5.74, 6) is 2.08. The van der Waals surface area contributed by atoms with E-state index in [1.807, 2.05) is 16.6 Å². The van der Waals surface area contributed by atoms with Crippen molar-refractivity contribution in [3.05, 3.63) is 53.3 Å². The van der Waals surface area contributed by atoms with Crippen LogP contribution in [0.15, 0.2) is 36.4 Å². The van der Waals surface area contributed by atoms with Crippen LogP contribution in [0.5, 0.6) is 0 Å². The van der Waals surface area contributed by atoms with Crippen LogP contribution in [-0.2, 0) is 17.9 Å². The number of rotatable bonds is 7. The molecule has 8 nitrogen and oxygen atoms in total. The SMILES string of the molecule is NC(=O)C1CCCN(Cc2cccc(CNc3ccc4nnc(C5CC5)n4n3)c2)C1. The number of anilines is 1. The lowest BCUT2D eigenvalue weighted by atomic mass is 9.97. The van der Waals surface area contributed by atoms with Crippen LogP contribution < -0.4 is 11.1 Å². The van der Waals surface area contributed by atoms with E-state index in [0.29, 0.717) is 12.5 Å². The van der Waals surface area contributed by atoms with Crippen molar-refractivity contribution >= 4 is 17.4 Å². The molecular weight excluding hydrogens is 378 g/mol. The Morgan fingerprint density at radius 3 is 2.83 bits per heavy atom. The van der Waals surface area contributed by atoms with E-state index in [2.05, 4.69) is 49.8 Å². The maximum atomic E-state index is 11.5. The maximum Gasteiger partial charge on any atom is 0.221 e. The first-order valence-corrected chi connectivity index (χ1v) is 10.7. The van der Waals surface area contributed by atoms with Gasteiger partial charge >= 0.3 is 0 Å². The van der Waals surface area contributed by atoms with E-state index in [1.54, 1.807) is 0 Å². The van der Waals surface area contributed by atoms with Crippen LogP contribution in [0.25, 0.3) is 5.65 Å². The van der Waals surface area contributed by atoms with Crippen LogP contribution in [0.1, 0.15) is 48.6 Å². The summed E-state index contributed by atoms with van der Waals surface area (Å²) in [4.78, 5) is 13.9. The fourth-order valence-corrected chi connectivity index (χ4v) is 4.22. The molecule has 3 N–H and O–H groups in total. The second kappa shape index (κ2) is 8.02. The van der Waals surface area contributed by atoms with Gasteiger partial charge in [0.05, 0.1) is 5.92 Å². The van der Waals surface area contributed by atoms with Crippen molar-refractivity contribution in [1.82, 2.24) is 24.7 Å². The third kappa shape index (κ3) is 4.14. The molecule has 5 rings (SSSR count). The number of benzene rings is 1. The molecule has 1 aliphatic carbocycles. The van der Waals surface area contributed by atoms with E-state index in [4.69, 9.17) is 5.73 Å². The molecule has 0 radical (unpaired) electrons. The van der Waals surface area contributed by atoms with Gasteiger partial charge in [0.15, 0.2) is 11.5 Å². The van der Waals surface area contributed by atoms with Crippen LogP contribution in [0, 0.1) is 5.92 Å². The highest BCUT2D eigenvalue weighted by atomic mass is 16.1. The lowest BCUT2D eigenvalue weighted by Crippen LogP contribution is -2.40. The first-order valence-electron chi connectivity index (χ1n) is 10.7. The summed E-state index contributed by atoms with van der Waals surface area (Å²) >= 11 is 0. The Hall–Kier alpha value is -3.00. The lowest BCUT2D eigenvalue weighted by molar-refractivity contribution is -0.123. The highest BCUT2D eigenvalue weighted by Gasteiger charge is 2.29. The van der Waals surface area contributed by atoms with Gasteiger partial charge in [0.2, 0.25) is 5.91 Å². The molecule has 156 valence electrons. The highest BCUT2D eigenvalue weighted by Crippen LogP contribution is 2.38. The fourth-order valence-electron chi connectivity index (χ4n) is 4.22. The van der Waals surface area contributed by atoms with Crippen molar-refractivity contribution in [2.45, 2.75) is 44.7 Å². The largest absolute Gasteiger partial charge is 0.369 e. The van der Waals surface area contributed by atoms with Gasteiger partial charge in [-0.3, -0.25) is 9.69 Å². The maximum absolute atomic E-state index is 11.5. The van der Waals surface area contributed by atoms with Crippen molar-refractivity contribution in [2.75, 3.05) is 18.4 Å². The number of likely N-dealkylation sites (tertiary alicyclic amines) is 1. The summed E-state index contributed by atoms with van der Waals surface area (Å²) in [6.45, 7) is 3.30. The average molecular weight is 406 g/mol. The molecule has 1 saturated carbocycles. The smallest absolute Gasteiger partial charge is 0.221 e. The zero-order chi connectivity index (χ0) is 20.5. The Labute approximate surface area is 175 Å². The molecule has 1 atom stereocenters. The molecule has 8 heteroatoms. The summed E-state index contributed by atoms with van der Waals surface area (Å²) in [6.07, 6.45) is 4.27. The molecule has 0 spiro atoms. The van der Waals surface area contributed by atoms with Gasteiger partial charge in [-0.2, -0.15) is 4.52 Å². The van der Waals surface area contributed by atoms with Gasteiger partial charge in [0.1, 0.15) is 5.82 Å². The van der Waals surface area contributed by atoms with Crippen molar-refractivity contribution < 1.29 is 4.79 Å². The Morgan fingerprint density at radius 1 is 1.13 bits per heavy atom. The number of nitrogens with one attached hydrogen (secondary N) is 1. The van der Waals surface area contributed by atoms with Gasteiger partial charge in [-0.05, 0) is 55.5 Å². The molecule has 2 aliphatic rings. The number of nitrogens with two attached hydrogens (primary N) is 1. The van der Waals surface area contributed by atoms with Gasteiger partial charge in [-0.25, -0.2) is 0 Å². The predicted octanol–water partition coefficient (Wildman–Crippen LogP) is 2.31. The minimum atomic E-state index is -0.181. The molecule has 1 saturated heterocycles. The number of hydrogen-bond acceptors (Lipinski definition) is 6. The number of piperidine rings is 1. The van der Waals surface area contributed by atoms with Crippen LogP contribution in [0.3, 0.4) is 0 Å². The van der Waals surface area contributed by atoms with Crippen molar-refractivity contribution in [1.29, 1.82) is 0 Å². The number of fused-ring (bicyclic) bond motifs is 1. The summed E-state index contributed by atoms with van der Waals surface area (Å²) in [7, 11) is 0. The molecule has 1 unspecified atom stereocenters. The molecule has 3 heterocycles. The number of nitrogens with zero attached hydrogens (tertiary/aromatic N) is 5. The predicted molar refractivity (Wildman–Crippen MR) is 114 cm³/mol. The third-order valence-corrected chi connectivity index (χ3v) is 6.01. The number of carbonyl (C=O) groups excluding carboxylic acids is 1. The fraction of sp³-hybridized carbons (Fsp3) is 0.455. The van der Waals surface area contributed by atoms with Gasteiger partial charge in [-0.15, -0.1) is 15.3 Å². The standard InChI is InChI=1S/C22H27N7O/c23-21(30)18-5-2-10-28(14-18)13-16-4-1-3-15(11-16)12-24-19-8-9-20-25-26-22(17-6-7-17)29(20)27-19/h1,3-4,8-9,11,17-18H,2,5-7,10,12-14H2,(H2,23,30)(H,24,27). The molecule has 2 fully saturated rings. The Bertz CT molecular complexity index is 1060. The molecule has 1 aromatic carbocycles. The normalized spacial score (nSPS) is 19.8. The quantitative estimate of drug-likeness (QED) is 0.625. The zero-order valence-electron chi connectivity index (χ0n) is 17.0. The van der Waals surface area contributed by atoms with E-state index >= 15 is 0 Å². The summed E-state index contributed by atoms with van der Waals surface area (Å²) < 4.78 is 1.86. The molecule has 0 bridgehead atoms. The van der Waals surface area contributed by atoms with Crippen molar-refractivity contribution in [3.8, 4) is 0 Å². The Kier molecular flexibility index (Phi) is 5.08. The zero-order valence-corrected chi connectivity index (χ0v) is 17.0. The summed E-state index contributed by atoms with van der Waals surface area (Å²) in [5, 5.41) is 16.6. The number of amides is 1. The van der Waals surface area contributed by atoms with Crippen LogP contribution >= 0.6 is 0 Å². The summed E-state index contributed by atoms with van der Waals surface area (Å²) in [5.41, 5.74) is 8.75. The first-order chi connectivity index (χ1) is 14.7. The van der Waals surface area contributed by atoms with Crippen molar-refractivity contribution in [3.63, 3.8) is 0 Å².